The molecule has 2 amide bonds. The summed E-state index contributed by atoms with van der Waals surface area (Å²) in [4.78, 5) is 35.9. The molecule has 0 fully saturated rings. The van der Waals surface area contributed by atoms with Crippen molar-refractivity contribution >= 4 is 17.5 Å². The Balaban J connectivity index is 1.63. The van der Waals surface area contributed by atoms with E-state index in [9.17, 15) is 19.7 Å². The maximum absolute atomic E-state index is 12.4. The van der Waals surface area contributed by atoms with Gasteiger partial charge in [-0.2, -0.15) is 0 Å². The molecule has 134 valence electrons. The topological polar surface area (TPSA) is 99.0 Å². The van der Waals surface area contributed by atoms with E-state index in [1.807, 2.05) is 6.92 Å². The zero-order valence-corrected chi connectivity index (χ0v) is 14.0. The van der Waals surface area contributed by atoms with E-state index >= 15 is 0 Å². The summed E-state index contributed by atoms with van der Waals surface area (Å²) in [5.74, 6) is 0.279. The van der Waals surface area contributed by atoms with E-state index in [1.165, 1.54) is 12.1 Å². The molecule has 8 heteroatoms. The number of carbonyl (C=O) groups is 2. The Kier molecular flexibility index (Phi) is 4.83. The number of amides is 2. The average Bonchev–Trinajstić information content (AvgIpc) is 2.88. The van der Waals surface area contributed by atoms with Gasteiger partial charge in [-0.25, -0.2) is 0 Å². The van der Waals surface area contributed by atoms with E-state index < -0.39 is 16.7 Å². The largest absolute Gasteiger partial charge is 0.494 e. The second kappa shape index (κ2) is 7.22. The van der Waals surface area contributed by atoms with Crippen molar-refractivity contribution in [3.05, 3.63) is 63.7 Å². The van der Waals surface area contributed by atoms with E-state index in [0.717, 1.165) is 16.7 Å². The van der Waals surface area contributed by atoms with Crippen molar-refractivity contribution in [3.8, 4) is 11.5 Å². The lowest BCUT2D eigenvalue weighted by Gasteiger charge is -2.14. The van der Waals surface area contributed by atoms with Crippen LogP contribution in [0, 0.1) is 10.1 Å². The van der Waals surface area contributed by atoms with Crippen molar-refractivity contribution in [2.75, 3.05) is 19.8 Å². The number of fused-ring (bicyclic) bond motifs is 1. The molecule has 0 spiro atoms. The fraction of sp³-hybridized carbons (Fsp3) is 0.222. The molecule has 0 unspecified atom stereocenters. The predicted octanol–water partition coefficient (Wildman–Crippen LogP) is 2.67. The van der Waals surface area contributed by atoms with E-state index in [2.05, 4.69) is 0 Å². The molecule has 3 rings (SSSR count). The Morgan fingerprint density at radius 1 is 0.962 bits per heavy atom. The second-order valence-corrected chi connectivity index (χ2v) is 5.50. The molecule has 26 heavy (non-hydrogen) atoms. The first kappa shape index (κ1) is 17.4. The molecule has 2 aromatic carbocycles. The molecule has 0 bridgehead atoms. The molecule has 0 N–H and O–H groups in total. The number of imide groups is 1. The van der Waals surface area contributed by atoms with Crippen molar-refractivity contribution in [3.63, 3.8) is 0 Å². The van der Waals surface area contributed by atoms with Crippen LogP contribution in [0.25, 0.3) is 0 Å². The first-order valence-electron chi connectivity index (χ1n) is 8.01. The normalized spacial score (nSPS) is 12.9. The van der Waals surface area contributed by atoms with Gasteiger partial charge in [-0.1, -0.05) is 0 Å². The molecule has 0 aromatic heterocycles. The number of benzene rings is 2. The van der Waals surface area contributed by atoms with E-state index in [4.69, 9.17) is 9.47 Å². The monoisotopic (exact) mass is 356 g/mol. The van der Waals surface area contributed by atoms with E-state index in [-0.39, 0.29) is 30.0 Å². The maximum Gasteiger partial charge on any atom is 0.270 e. The Morgan fingerprint density at radius 2 is 1.58 bits per heavy atom. The van der Waals surface area contributed by atoms with Crippen LogP contribution in [0.15, 0.2) is 42.5 Å². The molecular weight excluding hydrogens is 340 g/mol. The minimum absolute atomic E-state index is 0.0465. The summed E-state index contributed by atoms with van der Waals surface area (Å²) < 4.78 is 10.9. The van der Waals surface area contributed by atoms with Crippen molar-refractivity contribution in [2.45, 2.75) is 6.92 Å². The van der Waals surface area contributed by atoms with Crippen molar-refractivity contribution in [1.29, 1.82) is 0 Å². The van der Waals surface area contributed by atoms with Crippen LogP contribution in [0.1, 0.15) is 27.6 Å². The highest BCUT2D eigenvalue weighted by Crippen LogP contribution is 2.26. The first-order valence-corrected chi connectivity index (χ1v) is 8.01. The standard InChI is InChI=1S/C18H16N2O6/c1-2-25-13-4-6-14(7-5-13)26-10-9-19-17(21)15-8-3-12(20(23)24)11-16(15)18(19)22/h3-8,11H,2,9-10H2,1H3. The van der Waals surface area contributed by atoms with Gasteiger partial charge in [0.2, 0.25) is 0 Å². The molecule has 0 radical (unpaired) electrons. The maximum atomic E-state index is 12.4. The molecule has 2 aromatic rings. The summed E-state index contributed by atoms with van der Waals surface area (Å²) in [6.45, 7) is 2.62. The van der Waals surface area contributed by atoms with Gasteiger partial charge in [0.15, 0.2) is 0 Å². The summed E-state index contributed by atoms with van der Waals surface area (Å²) in [7, 11) is 0. The third-order valence-electron chi connectivity index (χ3n) is 3.88. The van der Waals surface area contributed by atoms with Crippen molar-refractivity contribution < 1.29 is 24.0 Å². The van der Waals surface area contributed by atoms with Gasteiger partial charge in [-0.15, -0.1) is 0 Å². The number of hydrogen-bond donors (Lipinski definition) is 0. The van der Waals surface area contributed by atoms with Crippen LogP contribution in [-0.4, -0.2) is 41.4 Å². The zero-order chi connectivity index (χ0) is 18.7. The number of nitro benzene ring substituents is 1. The van der Waals surface area contributed by atoms with Crippen LogP contribution in [0.3, 0.4) is 0 Å². The number of ether oxygens (including phenoxy) is 2. The molecule has 1 heterocycles. The number of hydrogen-bond acceptors (Lipinski definition) is 6. The summed E-state index contributed by atoms with van der Waals surface area (Å²) in [6, 6.07) is 10.6. The van der Waals surface area contributed by atoms with Crippen molar-refractivity contribution in [1.82, 2.24) is 4.90 Å². The highest BCUT2D eigenvalue weighted by molar-refractivity contribution is 6.21. The predicted molar refractivity (Wildman–Crippen MR) is 91.6 cm³/mol. The van der Waals surface area contributed by atoms with Crippen LogP contribution >= 0.6 is 0 Å². The van der Waals surface area contributed by atoms with Gasteiger partial charge in [-0.05, 0) is 37.3 Å². The van der Waals surface area contributed by atoms with E-state index in [1.54, 1.807) is 24.3 Å². The van der Waals surface area contributed by atoms with Crippen LogP contribution in [0.4, 0.5) is 5.69 Å². The Bertz CT molecular complexity index is 862. The van der Waals surface area contributed by atoms with Crippen molar-refractivity contribution in [2.24, 2.45) is 0 Å². The Labute approximate surface area is 149 Å². The quantitative estimate of drug-likeness (QED) is 0.430. The number of nitrogens with zero attached hydrogens (tertiary/aromatic N) is 2. The zero-order valence-electron chi connectivity index (χ0n) is 14.0. The lowest BCUT2D eigenvalue weighted by atomic mass is 10.1. The highest BCUT2D eigenvalue weighted by Gasteiger charge is 2.36. The van der Waals surface area contributed by atoms with Crippen LogP contribution in [-0.2, 0) is 0 Å². The summed E-state index contributed by atoms with van der Waals surface area (Å²) >= 11 is 0. The fourth-order valence-corrected chi connectivity index (χ4v) is 2.65. The minimum atomic E-state index is -0.601. The second-order valence-electron chi connectivity index (χ2n) is 5.50. The summed E-state index contributed by atoms with van der Waals surface area (Å²) in [6.07, 6.45) is 0. The van der Waals surface area contributed by atoms with Crippen LogP contribution < -0.4 is 9.47 Å². The molecule has 0 saturated heterocycles. The first-order chi connectivity index (χ1) is 12.5. The lowest BCUT2D eigenvalue weighted by Crippen LogP contribution is -2.33. The fourth-order valence-electron chi connectivity index (χ4n) is 2.65. The smallest absolute Gasteiger partial charge is 0.270 e. The van der Waals surface area contributed by atoms with Gasteiger partial charge >= 0.3 is 0 Å². The Morgan fingerprint density at radius 3 is 2.19 bits per heavy atom. The number of rotatable bonds is 7. The van der Waals surface area contributed by atoms with Gasteiger partial charge < -0.3 is 9.47 Å². The average molecular weight is 356 g/mol. The third kappa shape index (κ3) is 3.34. The minimum Gasteiger partial charge on any atom is -0.494 e. The van der Waals surface area contributed by atoms with Gasteiger partial charge in [-0.3, -0.25) is 24.6 Å². The number of carbonyl (C=O) groups excluding carboxylic acids is 2. The molecule has 1 aliphatic rings. The van der Waals surface area contributed by atoms with Gasteiger partial charge in [0.1, 0.15) is 18.1 Å². The van der Waals surface area contributed by atoms with Gasteiger partial charge in [0.25, 0.3) is 17.5 Å². The summed E-state index contributed by atoms with van der Waals surface area (Å²) in [5, 5.41) is 10.8. The number of nitro groups is 1. The van der Waals surface area contributed by atoms with Gasteiger partial charge in [0.05, 0.1) is 29.2 Å². The molecule has 0 saturated carbocycles. The van der Waals surface area contributed by atoms with Gasteiger partial charge in [0, 0.05) is 12.1 Å². The number of non-ortho nitro benzene ring substituents is 1. The Hall–Kier alpha value is -3.42. The molecule has 8 nitrogen and oxygen atoms in total. The molecular formula is C18H16N2O6. The lowest BCUT2D eigenvalue weighted by molar-refractivity contribution is -0.384. The molecule has 1 aliphatic heterocycles. The van der Waals surface area contributed by atoms with E-state index in [0.29, 0.717) is 12.4 Å². The molecule has 0 aliphatic carbocycles. The van der Waals surface area contributed by atoms with Crippen LogP contribution in [0.2, 0.25) is 0 Å². The SMILES string of the molecule is CCOc1ccc(OCCN2C(=O)c3ccc([N+](=O)[O-])cc3C2=O)cc1. The summed E-state index contributed by atoms with van der Waals surface area (Å²) in [5.41, 5.74) is -0.00989. The highest BCUT2D eigenvalue weighted by atomic mass is 16.6. The van der Waals surface area contributed by atoms with Crippen LogP contribution in [0.5, 0.6) is 11.5 Å². The third-order valence-corrected chi connectivity index (χ3v) is 3.88. The molecule has 0 atom stereocenters.